The Morgan fingerprint density at radius 3 is 2.35 bits per heavy atom. The topological polar surface area (TPSA) is 56.8 Å². The number of rotatable bonds is 5. The molecule has 5 nitrogen and oxygen atoms in total. The highest BCUT2D eigenvalue weighted by molar-refractivity contribution is 6.63. The summed E-state index contributed by atoms with van der Waals surface area (Å²) in [7, 11) is 1.07. The molecule has 0 spiro atoms. The first-order valence-corrected chi connectivity index (χ1v) is 8.03. The molecule has 1 aromatic rings. The molecule has 1 amide bonds. The van der Waals surface area contributed by atoms with Gasteiger partial charge in [-0.15, -0.1) is 0 Å². The van der Waals surface area contributed by atoms with Crippen LogP contribution in [0.5, 0.6) is 5.75 Å². The van der Waals surface area contributed by atoms with Crippen LogP contribution in [-0.2, 0) is 9.31 Å². The maximum Gasteiger partial charge on any atom is 0.498 e. The van der Waals surface area contributed by atoms with Crippen molar-refractivity contribution in [3.8, 4) is 5.75 Å². The Hall–Kier alpha value is -1.53. The zero-order valence-corrected chi connectivity index (χ0v) is 14.9. The number of hydrogen-bond acceptors (Lipinski definition) is 4. The summed E-state index contributed by atoms with van der Waals surface area (Å²) in [5.74, 6) is 0.485. The van der Waals surface area contributed by atoms with Crippen LogP contribution >= 0.6 is 0 Å². The highest BCUT2D eigenvalue weighted by Gasteiger charge is 2.52. The van der Waals surface area contributed by atoms with Gasteiger partial charge in [-0.25, -0.2) is 0 Å². The second-order valence-electron chi connectivity index (χ2n) is 6.80. The van der Waals surface area contributed by atoms with Crippen molar-refractivity contribution < 1.29 is 18.8 Å². The lowest BCUT2D eigenvalue weighted by molar-refractivity contribution is 0.00578. The maximum absolute atomic E-state index is 12.1. The van der Waals surface area contributed by atoms with E-state index in [1.54, 1.807) is 19.2 Å². The van der Waals surface area contributed by atoms with Crippen LogP contribution in [0.1, 0.15) is 51.4 Å². The summed E-state index contributed by atoms with van der Waals surface area (Å²) in [5, 5.41) is 2.86. The maximum atomic E-state index is 12.1. The molecule has 0 radical (unpaired) electrons. The lowest BCUT2D eigenvalue weighted by Crippen LogP contribution is -2.41. The number of ether oxygens (including phenoxy) is 1. The van der Waals surface area contributed by atoms with Crippen molar-refractivity contribution in [3.63, 3.8) is 0 Å². The summed E-state index contributed by atoms with van der Waals surface area (Å²) < 4.78 is 17.6. The third-order valence-electron chi connectivity index (χ3n) is 4.54. The number of benzene rings is 1. The predicted octanol–water partition coefficient (Wildman–Crippen LogP) is 2.13. The normalized spacial score (nSPS) is 18.8. The van der Waals surface area contributed by atoms with Gasteiger partial charge in [-0.05, 0) is 46.2 Å². The summed E-state index contributed by atoms with van der Waals surface area (Å²) in [6.45, 7) is 10.7. The van der Waals surface area contributed by atoms with E-state index in [0.29, 0.717) is 17.9 Å². The third-order valence-corrected chi connectivity index (χ3v) is 4.54. The van der Waals surface area contributed by atoms with Gasteiger partial charge >= 0.3 is 7.12 Å². The van der Waals surface area contributed by atoms with E-state index in [-0.39, 0.29) is 5.91 Å². The molecule has 6 heteroatoms. The van der Waals surface area contributed by atoms with Crippen molar-refractivity contribution in [2.24, 2.45) is 0 Å². The van der Waals surface area contributed by atoms with Crippen LogP contribution in [0, 0.1) is 0 Å². The molecule has 126 valence electrons. The average Bonchev–Trinajstić information content (AvgIpc) is 2.72. The standard InChI is InChI=1S/C17H26BNO4/c1-7-10-19-15(20)12-8-9-13(14(11-12)21-6)18-22-16(2,3)17(4,5)23-18/h8-9,11H,7,10H2,1-6H3,(H,19,20). The van der Waals surface area contributed by atoms with Gasteiger partial charge in [0.15, 0.2) is 0 Å². The van der Waals surface area contributed by atoms with Gasteiger partial charge in [-0.2, -0.15) is 0 Å². The largest absolute Gasteiger partial charge is 0.498 e. The second-order valence-corrected chi connectivity index (χ2v) is 6.80. The van der Waals surface area contributed by atoms with Crippen LogP contribution < -0.4 is 15.5 Å². The fourth-order valence-corrected chi connectivity index (χ4v) is 2.36. The number of amides is 1. The molecule has 2 rings (SSSR count). The minimum absolute atomic E-state index is 0.106. The van der Waals surface area contributed by atoms with Crippen LogP contribution in [0.15, 0.2) is 18.2 Å². The summed E-state index contributed by atoms with van der Waals surface area (Å²) in [4.78, 5) is 12.1. The summed E-state index contributed by atoms with van der Waals surface area (Å²) in [6.07, 6.45) is 0.898. The molecule has 0 atom stereocenters. The van der Waals surface area contributed by atoms with E-state index in [1.807, 2.05) is 40.7 Å². The van der Waals surface area contributed by atoms with Crippen molar-refractivity contribution in [3.05, 3.63) is 23.8 Å². The Labute approximate surface area is 138 Å². The fourth-order valence-electron chi connectivity index (χ4n) is 2.36. The number of hydrogen-bond donors (Lipinski definition) is 1. The Balaban J connectivity index is 2.26. The van der Waals surface area contributed by atoms with Crippen LogP contribution in [0.3, 0.4) is 0 Å². The molecule has 1 N–H and O–H groups in total. The molecule has 1 aromatic carbocycles. The van der Waals surface area contributed by atoms with Gasteiger partial charge in [0.1, 0.15) is 5.75 Å². The van der Waals surface area contributed by atoms with Crippen molar-refractivity contribution in [2.45, 2.75) is 52.2 Å². The molecular formula is C17H26BNO4. The molecule has 23 heavy (non-hydrogen) atoms. The zero-order valence-electron chi connectivity index (χ0n) is 14.9. The second kappa shape index (κ2) is 6.53. The van der Waals surface area contributed by atoms with E-state index in [4.69, 9.17) is 14.0 Å². The van der Waals surface area contributed by atoms with Crippen molar-refractivity contribution in [1.29, 1.82) is 0 Å². The van der Waals surface area contributed by atoms with Crippen LogP contribution in [-0.4, -0.2) is 37.9 Å². The highest BCUT2D eigenvalue weighted by Crippen LogP contribution is 2.37. The van der Waals surface area contributed by atoms with E-state index >= 15 is 0 Å². The molecule has 1 aliphatic rings. The van der Waals surface area contributed by atoms with Crippen molar-refractivity contribution >= 4 is 18.5 Å². The minimum Gasteiger partial charge on any atom is -0.497 e. The first kappa shape index (κ1) is 17.8. The Kier molecular flexibility index (Phi) is 5.06. The molecule has 1 aliphatic heterocycles. The van der Waals surface area contributed by atoms with Gasteiger partial charge in [0.25, 0.3) is 5.91 Å². The first-order chi connectivity index (χ1) is 10.7. The Morgan fingerprint density at radius 2 is 1.83 bits per heavy atom. The molecule has 0 aromatic heterocycles. The van der Waals surface area contributed by atoms with Gasteiger partial charge < -0.3 is 19.4 Å². The highest BCUT2D eigenvalue weighted by atomic mass is 16.7. The summed E-state index contributed by atoms with van der Waals surface area (Å²) in [6, 6.07) is 5.33. The molecule has 0 saturated carbocycles. The molecule has 1 heterocycles. The van der Waals surface area contributed by atoms with E-state index < -0.39 is 18.3 Å². The van der Waals surface area contributed by atoms with Crippen LogP contribution in [0.2, 0.25) is 0 Å². The molecule has 1 fully saturated rings. The molecule has 1 saturated heterocycles. The third kappa shape index (κ3) is 3.53. The zero-order chi connectivity index (χ0) is 17.3. The van der Waals surface area contributed by atoms with Gasteiger partial charge in [-0.3, -0.25) is 4.79 Å². The smallest absolute Gasteiger partial charge is 0.497 e. The van der Waals surface area contributed by atoms with Gasteiger partial charge in [0, 0.05) is 17.6 Å². The van der Waals surface area contributed by atoms with E-state index in [0.717, 1.165) is 11.9 Å². The Bertz CT molecular complexity index is 570. The fraction of sp³-hybridized carbons (Fsp3) is 0.588. The minimum atomic E-state index is -0.511. The number of nitrogens with one attached hydrogen (secondary N) is 1. The molecule has 0 aliphatic carbocycles. The number of carbonyl (C=O) groups is 1. The number of carbonyl (C=O) groups excluding carboxylic acids is 1. The first-order valence-electron chi connectivity index (χ1n) is 8.03. The van der Waals surface area contributed by atoms with Crippen LogP contribution in [0.4, 0.5) is 0 Å². The molecule has 0 bridgehead atoms. The van der Waals surface area contributed by atoms with Gasteiger partial charge in [0.2, 0.25) is 0 Å². The summed E-state index contributed by atoms with van der Waals surface area (Å²) >= 11 is 0. The quantitative estimate of drug-likeness (QED) is 0.845. The summed E-state index contributed by atoms with van der Waals surface area (Å²) in [5.41, 5.74) is 0.522. The van der Waals surface area contributed by atoms with Gasteiger partial charge in [0.05, 0.1) is 18.3 Å². The van der Waals surface area contributed by atoms with Crippen LogP contribution in [0.25, 0.3) is 0 Å². The molecular weight excluding hydrogens is 293 g/mol. The van der Waals surface area contributed by atoms with Crippen molar-refractivity contribution in [1.82, 2.24) is 5.32 Å². The van der Waals surface area contributed by atoms with Gasteiger partial charge in [-0.1, -0.05) is 13.0 Å². The lowest BCUT2D eigenvalue weighted by Gasteiger charge is -2.32. The monoisotopic (exact) mass is 319 g/mol. The molecule has 0 unspecified atom stereocenters. The lowest BCUT2D eigenvalue weighted by atomic mass is 9.78. The van der Waals surface area contributed by atoms with E-state index in [1.165, 1.54) is 0 Å². The van der Waals surface area contributed by atoms with E-state index in [9.17, 15) is 4.79 Å². The number of methoxy groups -OCH3 is 1. The SMILES string of the molecule is CCCNC(=O)c1ccc(B2OC(C)(C)C(C)(C)O2)c(OC)c1. The predicted molar refractivity (Wildman–Crippen MR) is 91.3 cm³/mol. The van der Waals surface area contributed by atoms with Crippen molar-refractivity contribution in [2.75, 3.05) is 13.7 Å². The Morgan fingerprint density at radius 1 is 1.22 bits per heavy atom. The van der Waals surface area contributed by atoms with E-state index in [2.05, 4.69) is 5.32 Å². The average molecular weight is 319 g/mol.